The first-order valence-corrected chi connectivity index (χ1v) is 8.63. The second-order valence-corrected chi connectivity index (χ2v) is 6.09. The third-order valence-corrected chi connectivity index (χ3v) is 4.34. The fourth-order valence-electron chi connectivity index (χ4n) is 2.84. The zero-order chi connectivity index (χ0) is 19.9. The molecule has 3 rings (SSSR count). The van der Waals surface area contributed by atoms with E-state index in [1.54, 1.807) is 24.3 Å². The van der Waals surface area contributed by atoms with Crippen molar-refractivity contribution < 1.29 is 19.8 Å². The number of hydrogen-bond acceptors (Lipinski definition) is 4. The molecule has 0 aromatic heterocycles. The highest BCUT2D eigenvalue weighted by atomic mass is 16.2. The number of carbonyl (C=O) groups excluding carboxylic acids is 2. The van der Waals surface area contributed by atoms with E-state index in [1.807, 2.05) is 48.5 Å². The Morgan fingerprint density at radius 3 is 1.00 bits per heavy atom. The summed E-state index contributed by atoms with van der Waals surface area (Å²) in [5.41, 5.74) is 5.01. The average Bonchev–Trinajstić information content (AvgIpc) is 2.74. The molecule has 28 heavy (non-hydrogen) atoms. The van der Waals surface area contributed by atoms with Gasteiger partial charge >= 0.3 is 0 Å². The van der Waals surface area contributed by atoms with Gasteiger partial charge in [0, 0.05) is 23.3 Å². The molecule has 2 N–H and O–H groups in total. The van der Waals surface area contributed by atoms with Crippen LogP contribution in [0.4, 0.5) is 0 Å². The first-order valence-electron chi connectivity index (χ1n) is 8.63. The second kappa shape index (κ2) is 8.64. The van der Waals surface area contributed by atoms with Gasteiger partial charge in [0.25, 0.3) is 0 Å². The number of hydrogen-bond donors (Lipinski definition) is 2. The maximum atomic E-state index is 11.7. The fourth-order valence-corrected chi connectivity index (χ4v) is 2.84. The summed E-state index contributed by atoms with van der Waals surface area (Å²) in [6.45, 7) is 0. The van der Waals surface area contributed by atoms with Crippen LogP contribution < -0.4 is 0 Å². The van der Waals surface area contributed by atoms with Gasteiger partial charge in [0.2, 0.25) is 0 Å². The maximum Gasteiger partial charge on any atom is 0.188 e. The minimum atomic E-state index is -0.249. The van der Waals surface area contributed by atoms with Crippen molar-refractivity contribution in [2.24, 2.45) is 0 Å². The molecule has 0 aliphatic heterocycles. The van der Waals surface area contributed by atoms with Gasteiger partial charge in [0.15, 0.2) is 11.6 Å². The maximum absolute atomic E-state index is 11.7. The van der Waals surface area contributed by atoms with Crippen LogP contribution in [0.2, 0.25) is 0 Å². The Labute approximate surface area is 162 Å². The van der Waals surface area contributed by atoms with Crippen LogP contribution in [0.3, 0.4) is 0 Å². The van der Waals surface area contributed by atoms with E-state index >= 15 is 0 Å². The second-order valence-electron chi connectivity index (χ2n) is 6.09. The molecule has 0 atom stereocenters. The van der Waals surface area contributed by atoms with Crippen LogP contribution in [0.25, 0.3) is 22.3 Å². The largest absolute Gasteiger partial charge is 0.515 e. The van der Waals surface area contributed by atoms with Crippen molar-refractivity contribution in [3.63, 3.8) is 0 Å². The lowest BCUT2D eigenvalue weighted by molar-refractivity contribution is 0.103. The zero-order valence-corrected chi connectivity index (χ0v) is 14.9. The summed E-state index contributed by atoms with van der Waals surface area (Å²) in [6, 6.07) is 22.3. The van der Waals surface area contributed by atoms with Crippen molar-refractivity contribution in [3.8, 4) is 22.3 Å². The Hall–Kier alpha value is -3.92. The highest BCUT2D eigenvalue weighted by Gasteiger charge is 2.05. The van der Waals surface area contributed by atoms with Gasteiger partial charge in [0.1, 0.15) is 0 Å². The summed E-state index contributed by atoms with van der Waals surface area (Å²) in [7, 11) is 0. The molecule has 0 amide bonds. The summed E-state index contributed by atoms with van der Waals surface area (Å²) in [5.74, 6) is -0.499. The Bertz CT molecular complexity index is 939. The van der Waals surface area contributed by atoms with Gasteiger partial charge in [-0.05, 0) is 22.3 Å². The van der Waals surface area contributed by atoms with Crippen molar-refractivity contribution in [1.82, 2.24) is 0 Å². The molecule has 0 heterocycles. The van der Waals surface area contributed by atoms with Gasteiger partial charge in [0.05, 0.1) is 12.5 Å². The van der Waals surface area contributed by atoms with Gasteiger partial charge in [-0.3, -0.25) is 9.59 Å². The minimum absolute atomic E-state index is 0.249. The van der Waals surface area contributed by atoms with Crippen LogP contribution in [0.15, 0.2) is 97.5 Å². The van der Waals surface area contributed by atoms with E-state index in [9.17, 15) is 9.59 Å². The number of carbonyl (C=O) groups is 2. The predicted molar refractivity (Wildman–Crippen MR) is 110 cm³/mol. The molecule has 0 saturated carbocycles. The van der Waals surface area contributed by atoms with Crippen LogP contribution in [-0.2, 0) is 0 Å². The van der Waals surface area contributed by atoms with E-state index in [-0.39, 0.29) is 11.6 Å². The molecular formula is C24H18O4. The van der Waals surface area contributed by atoms with Gasteiger partial charge < -0.3 is 10.2 Å². The minimum Gasteiger partial charge on any atom is -0.515 e. The van der Waals surface area contributed by atoms with Crippen LogP contribution in [0, 0.1) is 0 Å². The standard InChI is InChI=1S/C24H18O4/c25-15-13-23(27)21-9-5-19(6-10-21)17-1-2-18(4-3-17)20-7-11-22(12-8-20)24(28)14-16-26/h1-16,25-26H/b15-13-,16-14-. The lowest BCUT2D eigenvalue weighted by atomic mass is 9.98. The summed E-state index contributed by atoms with van der Waals surface area (Å²) in [4.78, 5) is 23.4. The van der Waals surface area contributed by atoms with Crippen molar-refractivity contribution in [1.29, 1.82) is 0 Å². The monoisotopic (exact) mass is 370 g/mol. The molecule has 3 aromatic rings. The van der Waals surface area contributed by atoms with E-state index in [1.165, 1.54) is 0 Å². The van der Waals surface area contributed by atoms with Gasteiger partial charge in [-0.15, -0.1) is 0 Å². The van der Waals surface area contributed by atoms with Crippen LogP contribution in [0.5, 0.6) is 0 Å². The van der Waals surface area contributed by atoms with Crippen molar-refractivity contribution in [2.45, 2.75) is 0 Å². The van der Waals surface area contributed by atoms with Gasteiger partial charge in [-0.1, -0.05) is 72.8 Å². The van der Waals surface area contributed by atoms with Gasteiger partial charge in [-0.25, -0.2) is 0 Å². The number of allylic oxidation sites excluding steroid dienone is 2. The molecule has 4 heteroatoms. The molecule has 0 aliphatic rings. The van der Waals surface area contributed by atoms with Crippen LogP contribution >= 0.6 is 0 Å². The van der Waals surface area contributed by atoms with Crippen LogP contribution in [-0.4, -0.2) is 21.8 Å². The Morgan fingerprint density at radius 2 is 0.750 bits per heavy atom. The highest BCUT2D eigenvalue weighted by molar-refractivity contribution is 6.05. The molecule has 0 saturated heterocycles. The summed E-state index contributed by atoms with van der Waals surface area (Å²) in [5, 5.41) is 17.4. The average molecular weight is 370 g/mol. The highest BCUT2D eigenvalue weighted by Crippen LogP contribution is 2.25. The zero-order valence-electron chi connectivity index (χ0n) is 14.9. The quantitative estimate of drug-likeness (QED) is 0.340. The van der Waals surface area contributed by atoms with Crippen molar-refractivity contribution >= 4 is 11.6 Å². The summed E-state index contributed by atoms with van der Waals surface area (Å²) >= 11 is 0. The molecule has 0 radical (unpaired) electrons. The lowest BCUT2D eigenvalue weighted by Crippen LogP contribution is -1.94. The predicted octanol–water partition coefficient (Wildman–Crippen LogP) is 5.53. The molecule has 0 fully saturated rings. The van der Waals surface area contributed by atoms with E-state index in [2.05, 4.69) is 0 Å². The number of rotatable bonds is 6. The van der Waals surface area contributed by atoms with Crippen LogP contribution in [0.1, 0.15) is 20.7 Å². The molecule has 0 spiro atoms. The lowest BCUT2D eigenvalue weighted by Gasteiger charge is -2.06. The van der Waals surface area contributed by atoms with E-state index < -0.39 is 0 Å². The number of aliphatic hydroxyl groups is 2. The van der Waals surface area contributed by atoms with E-state index in [0.717, 1.165) is 46.9 Å². The third kappa shape index (κ3) is 4.24. The normalized spacial score (nSPS) is 11.1. The molecule has 0 aliphatic carbocycles. The molecule has 0 unspecified atom stereocenters. The number of aliphatic hydroxyl groups excluding tert-OH is 2. The molecule has 138 valence electrons. The molecule has 3 aromatic carbocycles. The van der Waals surface area contributed by atoms with Gasteiger partial charge in [-0.2, -0.15) is 0 Å². The number of benzene rings is 3. The third-order valence-electron chi connectivity index (χ3n) is 4.34. The Morgan fingerprint density at radius 1 is 0.500 bits per heavy atom. The molecule has 4 nitrogen and oxygen atoms in total. The van der Waals surface area contributed by atoms with E-state index in [0.29, 0.717) is 11.1 Å². The number of ketones is 2. The smallest absolute Gasteiger partial charge is 0.188 e. The fraction of sp³-hybridized carbons (Fsp3) is 0. The Kier molecular flexibility index (Phi) is 5.82. The Balaban J connectivity index is 1.78. The molecular weight excluding hydrogens is 352 g/mol. The molecule has 0 bridgehead atoms. The first kappa shape index (κ1) is 18.9. The summed E-state index contributed by atoms with van der Waals surface area (Å²) in [6.07, 6.45) is 3.70. The van der Waals surface area contributed by atoms with E-state index in [4.69, 9.17) is 10.2 Å². The van der Waals surface area contributed by atoms with Crippen molar-refractivity contribution in [3.05, 3.63) is 109 Å². The van der Waals surface area contributed by atoms with Crippen molar-refractivity contribution in [2.75, 3.05) is 0 Å². The topological polar surface area (TPSA) is 74.6 Å². The SMILES string of the molecule is O=C(/C=C\O)c1ccc(-c2ccc(-c3ccc(C(=O)/C=C\O)cc3)cc2)cc1. The first-order chi connectivity index (χ1) is 13.6. The summed E-state index contributed by atoms with van der Waals surface area (Å²) < 4.78 is 0.